The summed E-state index contributed by atoms with van der Waals surface area (Å²) >= 11 is 1.59. The van der Waals surface area contributed by atoms with Crippen molar-refractivity contribution in [2.24, 2.45) is 0 Å². The maximum Gasteiger partial charge on any atom is 0.267 e. The minimum absolute atomic E-state index is 0.146. The van der Waals surface area contributed by atoms with Gasteiger partial charge in [-0.1, -0.05) is 0 Å². The maximum atomic E-state index is 12.0. The van der Waals surface area contributed by atoms with E-state index in [1.54, 1.807) is 23.6 Å². The molecule has 3 rings (SSSR count). The molecule has 0 aliphatic heterocycles. The molecule has 3 N–H and O–H groups in total. The number of amides is 1. The van der Waals surface area contributed by atoms with Gasteiger partial charge in [0, 0.05) is 30.1 Å². The number of nitrogens with zero attached hydrogens (tertiary/aromatic N) is 3. The summed E-state index contributed by atoms with van der Waals surface area (Å²) in [5, 5.41) is 12.3. The number of H-pyrrole nitrogens is 2. The van der Waals surface area contributed by atoms with E-state index >= 15 is 0 Å². The first kappa shape index (κ1) is 13.5. The van der Waals surface area contributed by atoms with Crippen LogP contribution < -0.4 is 5.32 Å². The molecule has 3 heterocycles. The van der Waals surface area contributed by atoms with Gasteiger partial charge in [-0.25, -0.2) is 9.97 Å². The molecule has 0 aliphatic rings. The number of aryl methyl sites for hydroxylation is 1. The Hall–Kier alpha value is -2.48. The predicted octanol–water partition coefficient (Wildman–Crippen LogP) is 1.54. The van der Waals surface area contributed by atoms with Crippen LogP contribution in [0.5, 0.6) is 0 Å². The number of carbonyl (C=O) groups excluding carboxylic acids is 1. The van der Waals surface area contributed by atoms with E-state index in [1.807, 2.05) is 12.3 Å². The summed E-state index contributed by atoms with van der Waals surface area (Å²) in [6, 6.07) is 1.80. The van der Waals surface area contributed by atoms with Crippen molar-refractivity contribution in [1.29, 1.82) is 0 Å². The first-order valence-corrected chi connectivity index (χ1v) is 7.33. The molecule has 0 radical (unpaired) electrons. The molecule has 0 saturated carbocycles. The van der Waals surface area contributed by atoms with Gasteiger partial charge in [0.2, 0.25) is 0 Å². The van der Waals surface area contributed by atoms with E-state index in [0.29, 0.717) is 18.7 Å². The minimum Gasteiger partial charge on any atom is -0.357 e. The number of carbonyl (C=O) groups is 1. The molecular weight excluding hydrogens is 288 g/mol. The Balaban J connectivity index is 1.59. The highest BCUT2D eigenvalue weighted by Crippen LogP contribution is 2.22. The number of hydrogen-bond acceptors (Lipinski definition) is 5. The Morgan fingerprint density at radius 1 is 1.48 bits per heavy atom. The van der Waals surface area contributed by atoms with E-state index in [4.69, 9.17) is 0 Å². The number of aromatic amines is 2. The lowest BCUT2D eigenvalue weighted by Gasteiger charge is -2.01. The zero-order chi connectivity index (χ0) is 14.7. The zero-order valence-corrected chi connectivity index (χ0v) is 12.2. The SMILES string of the molecule is Cc1nc(-c2c[nH]c(C(=O)NCCc3ncn[nH]3)c2)cs1. The lowest BCUT2D eigenvalue weighted by atomic mass is 10.2. The Kier molecular flexibility index (Phi) is 3.78. The molecule has 108 valence electrons. The van der Waals surface area contributed by atoms with Crippen molar-refractivity contribution in [3.63, 3.8) is 0 Å². The zero-order valence-electron chi connectivity index (χ0n) is 11.4. The molecule has 0 saturated heterocycles. The Morgan fingerprint density at radius 2 is 2.38 bits per heavy atom. The van der Waals surface area contributed by atoms with Crippen LogP contribution >= 0.6 is 11.3 Å². The molecule has 0 aromatic carbocycles. The van der Waals surface area contributed by atoms with Crippen LogP contribution in [-0.2, 0) is 6.42 Å². The highest BCUT2D eigenvalue weighted by atomic mass is 32.1. The average molecular weight is 302 g/mol. The lowest BCUT2D eigenvalue weighted by Crippen LogP contribution is -2.26. The quantitative estimate of drug-likeness (QED) is 0.665. The molecule has 0 fully saturated rings. The maximum absolute atomic E-state index is 12.0. The fourth-order valence-corrected chi connectivity index (χ4v) is 2.53. The van der Waals surface area contributed by atoms with Crippen LogP contribution in [0.3, 0.4) is 0 Å². The van der Waals surface area contributed by atoms with Crippen LogP contribution in [0.15, 0.2) is 24.0 Å². The Morgan fingerprint density at radius 3 is 3.10 bits per heavy atom. The van der Waals surface area contributed by atoms with Gasteiger partial charge in [-0.05, 0) is 13.0 Å². The summed E-state index contributed by atoms with van der Waals surface area (Å²) in [6.07, 6.45) is 3.86. The predicted molar refractivity (Wildman–Crippen MR) is 79.1 cm³/mol. The van der Waals surface area contributed by atoms with Crippen LogP contribution in [0.4, 0.5) is 0 Å². The highest BCUT2D eigenvalue weighted by molar-refractivity contribution is 7.09. The van der Waals surface area contributed by atoms with E-state index in [9.17, 15) is 4.79 Å². The molecule has 0 bridgehead atoms. The fraction of sp³-hybridized carbons (Fsp3) is 0.231. The molecule has 21 heavy (non-hydrogen) atoms. The van der Waals surface area contributed by atoms with Gasteiger partial charge in [0.15, 0.2) is 0 Å². The van der Waals surface area contributed by atoms with Gasteiger partial charge in [-0.2, -0.15) is 5.10 Å². The number of hydrogen-bond donors (Lipinski definition) is 3. The topological polar surface area (TPSA) is 99.3 Å². The minimum atomic E-state index is -0.146. The Bertz CT molecular complexity index is 730. The molecule has 8 heteroatoms. The van der Waals surface area contributed by atoms with Gasteiger partial charge in [0.05, 0.1) is 10.7 Å². The summed E-state index contributed by atoms with van der Waals surface area (Å²) in [5.74, 6) is 0.605. The lowest BCUT2D eigenvalue weighted by molar-refractivity contribution is 0.0949. The van der Waals surface area contributed by atoms with E-state index in [-0.39, 0.29) is 5.91 Å². The second kappa shape index (κ2) is 5.88. The number of thiazole rings is 1. The molecule has 0 atom stereocenters. The van der Waals surface area contributed by atoms with Crippen molar-refractivity contribution in [2.45, 2.75) is 13.3 Å². The van der Waals surface area contributed by atoms with Gasteiger partial charge in [-0.3, -0.25) is 9.89 Å². The van der Waals surface area contributed by atoms with Crippen molar-refractivity contribution in [1.82, 2.24) is 30.5 Å². The number of aromatic nitrogens is 5. The standard InChI is InChI=1S/C13H14N6OS/c1-8-18-11(6-21-8)9-4-10(15-5-9)13(20)14-3-2-12-16-7-17-19-12/h4-7,15H,2-3H2,1H3,(H,14,20)(H,16,17,19). The van der Waals surface area contributed by atoms with Gasteiger partial charge < -0.3 is 10.3 Å². The van der Waals surface area contributed by atoms with Crippen molar-refractivity contribution in [2.75, 3.05) is 6.54 Å². The molecular formula is C13H14N6OS. The second-order valence-corrected chi connectivity index (χ2v) is 5.55. The van der Waals surface area contributed by atoms with E-state index < -0.39 is 0 Å². The fourth-order valence-electron chi connectivity index (χ4n) is 1.91. The molecule has 0 unspecified atom stereocenters. The third-order valence-electron chi connectivity index (χ3n) is 2.95. The van der Waals surface area contributed by atoms with E-state index in [1.165, 1.54) is 6.33 Å². The third kappa shape index (κ3) is 3.16. The van der Waals surface area contributed by atoms with Crippen LogP contribution in [-0.4, -0.2) is 37.6 Å². The first-order valence-electron chi connectivity index (χ1n) is 6.46. The van der Waals surface area contributed by atoms with Crippen LogP contribution in [0.25, 0.3) is 11.3 Å². The van der Waals surface area contributed by atoms with Gasteiger partial charge in [-0.15, -0.1) is 11.3 Å². The summed E-state index contributed by atoms with van der Waals surface area (Å²) in [4.78, 5) is 23.4. The molecule has 3 aromatic heterocycles. The monoisotopic (exact) mass is 302 g/mol. The molecule has 0 aliphatic carbocycles. The van der Waals surface area contributed by atoms with Gasteiger partial charge in [0.1, 0.15) is 17.8 Å². The first-order chi connectivity index (χ1) is 10.2. The third-order valence-corrected chi connectivity index (χ3v) is 3.73. The van der Waals surface area contributed by atoms with Gasteiger partial charge in [0.25, 0.3) is 5.91 Å². The molecule has 3 aromatic rings. The van der Waals surface area contributed by atoms with Crippen molar-refractivity contribution < 1.29 is 4.79 Å². The van der Waals surface area contributed by atoms with Crippen molar-refractivity contribution in [3.05, 3.63) is 40.5 Å². The van der Waals surface area contributed by atoms with E-state index in [0.717, 1.165) is 22.1 Å². The van der Waals surface area contributed by atoms with Crippen LogP contribution in [0.2, 0.25) is 0 Å². The number of rotatable bonds is 5. The second-order valence-electron chi connectivity index (χ2n) is 4.49. The Labute approximate surface area is 124 Å². The van der Waals surface area contributed by atoms with Crippen molar-refractivity contribution >= 4 is 17.2 Å². The average Bonchev–Trinajstić information content (AvgIpc) is 3.19. The van der Waals surface area contributed by atoms with Crippen LogP contribution in [0, 0.1) is 6.92 Å². The van der Waals surface area contributed by atoms with Crippen LogP contribution in [0.1, 0.15) is 21.3 Å². The van der Waals surface area contributed by atoms with Gasteiger partial charge >= 0.3 is 0 Å². The largest absolute Gasteiger partial charge is 0.357 e. The highest BCUT2D eigenvalue weighted by Gasteiger charge is 2.11. The summed E-state index contributed by atoms with van der Waals surface area (Å²) < 4.78 is 0. The van der Waals surface area contributed by atoms with E-state index in [2.05, 4.69) is 30.5 Å². The molecule has 7 nitrogen and oxygen atoms in total. The normalized spacial score (nSPS) is 10.7. The van der Waals surface area contributed by atoms with Crippen molar-refractivity contribution in [3.8, 4) is 11.3 Å². The summed E-state index contributed by atoms with van der Waals surface area (Å²) in [5.41, 5.74) is 2.32. The summed E-state index contributed by atoms with van der Waals surface area (Å²) in [7, 11) is 0. The number of nitrogens with one attached hydrogen (secondary N) is 3. The summed E-state index contributed by atoms with van der Waals surface area (Å²) in [6.45, 7) is 2.45. The molecule has 0 spiro atoms. The smallest absolute Gasteiger partial charge is 0.267 e. The molecule has 1 amide bonds.